The number of anilines is 1. The fraction of sp³-hybridized carbons (Fsp3) is 0.333. The third-order valence-electron chi connectivity index (χ3n) is 4.93. The average molecular weight is 434 g/mol. The number of rotatable bonds is 5. The van der Waals surface area contributed by atoms with E-state index in [2.05, 4.69) is 10.1 Å². The maximum atomic E-state index is 14.1. The van der Waals surface area contributed by atoms with Crippen molar-refractivity contribution in [2.24, 2.45) is 0 Å². The van der Waals surface area contributed by atoms with Gasteiger partial charge in [-0.15, -0.1) is 0 Å². The first-order valence-electron chi connectivity index (χ1n) is 9.62. The summed E-state index contributed by atoms with van der Waals surface area (Å²) >= 11 is 0. The standard InChI is InChI=1S/C21H23FN2O5S/c1-29-21(26)16-9-10-18(22)19(14-16)23-20(25)15-7-6-8-17(13-15)30(27,28)24-11-4-2-3-5-12-24/h6-10,13-14H,2-5,11-12H2,1H3,(H,23,25). The van der Waals surface area contributed by atoms with Gasteiger partial charge in [-0.05, 0) is 49.2 Å². The van der Waals surface area contributed by atoms with E-state index >= 15 is 0 Å². The molecule has 1 saturated heterocycles. The van der Waals surface area contributed by atoms with Crippen LogP contribution >= 0.6 is 0 Å². The molecule has 0 aromatic heterocycles. The van der Waals surface area contributed by atoms with Gasteiger partial charge >= 0.3 is 5.97 Å². The van der Waals surface area contributed by atoms with Crippen molar-refractivity contribution in [1.82, 2.24) is 4.31 Å². The average Bonchev–Trinajstić information content (AvgIpc) is 3.05. The molecule has 30 heavy (non-hydrogen) atoms. The Labute approximate surface area is 174 Å². The van der Waals surface area contributed by atoms with E-state index in [0.29, 0.717) is 13.1 Å². The number of benzene rings is 2. The molecule has 160 valence electrons. The molecule has 0 unspecified atom stereocenters. The quantitative estimate of drug-likeness (QED) is 0.728. The van der Waals surface area contributed by atoms with Crippen LogP contribution in [0, 0.1) is 5.82 Å². The number of hydrogen-bond donors (Lipinski definition) is 1. The minimum atomic E-state index is -3.73. The summed E-state index contributed by atoms with van der Waals surface area (Å²) < 4.78 is 46.1. The van der Waals surface area contributed by atoms with Crippen molar-refractivity contribution in [2.45, 2.75) is 30.6 Å². The minimum Gasteiger partial charge on any atom is -0.465 e. The van der Waals surface area contributed by atoms with E-state index in [1.54, 1.807) is 0 Å². The Hall–Kier alpha value is -2.78. The van der Waals surface area contributed by atoms with E-state index in [1.807, 2.05) is 0 Å². The van der Waals surface area contributed by atoms with Gasteiger partial charge in [0.15, 0.2) is 0 Å². The van der Waals surface area contributed by atoms with Crippen LogP contribution in [0.2, 0.25) is 0 Å². The van der Waals surface area contributed by atoms with Gasteiger partial charge in [-0.2, -0.15) is 4.31 Å². The number of nitrogens with one attached hydrogen (secondary N) is 1. The van der Waals surface area contributed by atoms with Crippen LogP contribution in [0.4, 0.5) is 10.1 Å². The van der Waals surface area contributed by atoms with Crippen molar-refractivity contribution in [3.05, 3.63) is 59.4 Å². The van der Waals surface area contributed by atoms with Crippen molar-refractivity contribution in [3.8, 4) is 0 Å². The van der Waals surface area contributed by atoms with Crippen molar-refractivity contribution in [1.29, 1.82) is 0 Å². The Morgan fingerprint density at radius 1 is 1.00 bits per heavy atom. The van der Waals surface area contributed by atoms with Crippen molar-refractivity contribution in [2.75, 3.05) is 25.5 Å². The molecule has 1 fully saturated rings. The first-order chi connectivity index (χ1) is 14.3. The highest BCUT2D eigenvalue weighted by Crippen LogP contribution is 2.22. The predicted octanol–water partition coefficient (Wildman–Crippen LogP) is 3.43. The molecule has 1 aliphatic rings. The van der Waals surface area contributed by atoms with Crippen LogP contribution in [0.5, 0.6) is 0 Å². The topological polar surface area (TPSA) is 92.8 Å². The summed E-state index contributed by atoms with van der Waals surface area (Å²) in [5.41, 5.74) is -0.0656. The lowest BCUT2D eigenvalue weighted by Crippen LogP contribution is -2.32. The fourth-order valence-electron chi connectivity index (χ4n) is 3.29. The number of halogens is 1. The number of methoxy groups -OCH3 is 1. The number of nitrogens with zero attached hydrogens (tertiary/aromatic N) is 1. The highest BCUT2D eigenvalue weighted by Gasteiger charge is 2.26. The summed E-state index contributed by atoms with van der Waals surface area (Å²) in [6.45, 7) is 0.897. The van der Waals surface area contributed by atoms with Crippen molar-refractivity contribution in [3.63, 3.8) is 0 Å². The lowest BCUT2D eigenvalue weighted by molar-refractivity contribution is 0.0600. The fourth-order valence-corrected chi connectivity index (χ4v) is 4.85. The molecule has 0 saturated carbocycles. The molecule has 2 aromatic rings. The van der Waals surface area contributed by atoms with Gasteiger partial charge in [0.2, 0.25) is 10.0 Å². The molecule has 1 N–H and O–H groups in total. The maximum absolute atomic E-state index is 14.1. The number of amides is 1. The molecule has 0 bridgehead atoms. The lowest BCUT2D eigenvalue weighted by atomic mass is 10.1. The normalized spacial score (nSPS) is 15.3. The number of carbonyl (C=O) groups excluding carboxylic acids is 2. The first-order valence-corrected chi connectivity index (χ1v) is 11.1. The highest BCUT2D eigenvalue weighted by molar-refractivity contribution is 7.89. The number of esters is 1. The van der Waals surface area contributed by atoms with Gasteiger partial charge in [-0.25, -0.2) is 17.6 Å². The van der Waals surface area contributed by atoms with Crippen LogP contribution in [0.1, 0.15) is 46.4 Å². The summed E-state index contributed by atoms with van der Waals surface area (Å²) in [5.74, 6) is -2.09. The third kappa shape index (κ3) is 4.85. The molecule has 0 atom stereocenters. The molecule has 3 rings (SSSR count). The summed E-state index contributed by atoms with van der Waals surface area (Å²) in [4.78, 5) is 24.3. The Kier molecular flexibility index (Phi) is 6.84. The van der Waals surface area contributed by atoms with E-state index in [-0.39, 0.29) is 21.7 Å². The van der Waals surface area contributed by atoms with Gasteiger partial charge in [0.05, 0.1) is 23.3 Å². The maximum Gasteiger partial charge on any atom is 0.337 e. The molecule has 7 nitrogen and oxygen atoms in total. The molecule has 2 aromatic carbocycles. The molecule has 9 heteroatoms. The Morgan fingerprint density at radius 3 is 2.37 bits per heavy atom. The lowest BCUT2D eigenvalue weighted by Gasteiger charge is -2.20. The van der Waals surface area contributed by atoms with Crippen LogP contribution in [-0.2, 0) is 14.8 Å². The second kappa shape index (κ2) is 9.36. The first kappa shape index (κ1) is 21.9. The van der Waals surface area contributed by atoms with E-state index in [1.165, 1.54) is 41.7 Å². The van der Waals surface area contributed by atoms with Gasteiger partial charge in [-0.3, -0.25) is 4.79 Å². The summed E-state index contributed by atoms with van der Waals surface area (Å²) in [6.07, 6.45) is 3.58. The van der Waals surface area contributed by atoms with Gasteiger partial charge in [0, 0.05) is 18.7 Å². The number of hydrogen-bond acceptors (Lipinski definition) is 5. The predicted molar refractivity (Wildman–Crippen MR) is 109 cm³/mol. The van der Waals surface area contributed by atoms with Crippen LogP contribution in [0.15, 0.2) is 47.4 Å². The zero-order valence-corrected chi connectivity index (χ0v) is 17.4. The van der Waals surface area contributed by atoms with Gasteiger partial charge < -0.3 is 10.1 Å². The van der Waals surface area contributed by atoms with E-state index in [4.69, 9.17) is 0 Å². The highest BCUT2D eigenvalue weighted by atomic mass is 32.2. The summed E-state index contributed by atoms with van der Waals surface area (Å²) in [6, 6.07) is 9.08. The van der Waals surface area contributed by atoms with Crippen LogP contribution < -0.4 is 5.32 Å². The van der Waals surface area contributed by atoms with Gasteiger partial charge in [-0.1, -0.05) is 18.9 Å². The van der Waals surface area contributed by atoms with E-state index < -0.39 is 27.7 Å². The van der Waals surface area contributed by atoms with E-state index in [0.717, 1.165) is 37.8 Å². The molecular weight excluding hydrogens is 411 g/mol. The van der Waals surface area contributed by atoms with Crippen LogP contribution in [0.3, 0.4) is 0 Å². The second-order valence-electron chi connectivity index (χ2n) is 6.99. The number of ether oxygens (including phenoxy) is 1. The molecule has 0 radical (unpaired) electrons. The SMILES string of the molecule is COC(=O)c1ccc(F)c(NC(=O)c2cccc(S(=O)(=O)N3CCCCCC3)c2)c1. The molecule has 0 spiro atoms. The molecule has 1 heterocycles. The zero-order chi connectivity index (χ0) is 21.7. The Morgan fingerprint density at radius 2 is 1.70 bits per heavy atom. The third-order valence-corrected chi connectivity index (χ3v) is 6.83. The summed E-state index contributed by atoms with van der Waals surface area (Å²) in [7, 11) is -2.53. The van der Waals surface area contributed by atoms with Crippen molar-refractivity contribution >= 4 is 27.6 Å². The van der Waals surface area contributed by atoms with Crippen LogP contribution in [-0.4, -0.2) is 44.8 Å². The Balaban J connectivity index is 1.84. The largest absolute Gasteiger partial charge is 0.465 e. The smallest absolute Gasteiger partial charge is 0.337 e. The second-order valence-corrected chi connectivity index (χ2v) is 8.92. The van der Waals surface area contributed by atoms with Gasteiger partial charge in [0.1, 0.15) is 5.82 Å². The van der Waals surface area contributed by atoms with Crippen molar-refractivity contribution < 1.29 is 27.1 Å². The Bertz CT molecular complexity index is 1050. The molecule has 0 aliphatic carbocycles. The number of carbonyl (C=O) groups is 2. The monoisotopic (exact) mass is 434 g/mol. The number of sulfonamides is 1. The van der Waals surface area contributed by atoms with Crippen LogP contribution in [0.25, 0.3) is 0 Å². The molecule has 1 aliphatic heterocycles. The van der Waals surface area contributed by atoms with Gasteiger partial charge in [0.25, 0.3) is 5.91 Å². The summed E-state index contributed by atoms with van der Waals surface area (Å²) in [5, 5.41) is 2.38. The minimum absolute atomic E-state index is 0.0147. The molecule has 1 amide bonds. The zero-order valence-electron chi connectivity index (χ0n) is 16.6. The molecular formula is C21H23FN2O5S. The van der Waals surface area contributed by atoms with E-state index in [9.17, 15) is 22.4 Å².